The Morgan fingerprint density at radius 3 is 2.57 bits per heavy atom. The molecule has 0 atom stereocenters. The highest BCUT2D eigenvalue weighted by Crippen LogP contribution is 2.23. The molecule has 0 amide bonds. The fourth-order valence-corrected chi connectivity index (χ4v) is 0.960. The number of alkyl halides is 2. The summed E-state index contributed by atoms with van der Waals surface area (Å²) in [6, 6.07) is 3.68. The Morgan fingerprint density at radius 1 is 1.43 bits per heavy atom. The van der Waals surface area contributed by atoms with Crippen LogP contribution in [0.15, 0.2) is 12.1 Å². The minimum absolute atomic E-state index is 0.113. The molecule has 0 unspecified atom stereocenters. The number of hydrogen-bond acceptors (Lipinski definition) is 2. The summed E-state index contributed by atoms with van der Waals surface area (Å²) in [7, 11) is 0. The Hall–Kier alpha value is -1.70. The van der Waals surface area contributed by atoms with Gasteiger partial charge < -0.3 is 4.74 Å². The van der Waals surface area contributed by atoms with Gasteiger partial charge in [0.25, 0.3) is 0 Å². The number of nitrogens with zero attached hydrogens (tertiary/aromatic N) is 1. The summed E-state index contributed by atoms with van der Waals surface area (Å²) >= 11 is 0. The topological polar surface area (TPSA) is 33.0 Å². The summed E-state index contributed by atoms with van der Waals surface area (Å²) in [4.78, 5) is 0. The molecule has 0 aliphatic heterocycles. The molecule has 0 bridgehead atoms. The van der Waals surface area contributed by atoms with Crippen molar-refractivity contribution in [3.05, 3.63) is 29.1 Å². The molecule has 0 radical (unpaired) electrons. The van der Waals surface area contributed by atoms with Crippen LogP contribution in [0.3, 0.4) is 0 Å². The van der Waals surface area contributed by atoms with Crippen LogP contribution in [0.5, 0.6) is 5.75 Å². The number of rotatable bonds is 2. The minimum atomic E-state index is -3.10. The molecule has 0 heterocycles. The van der Waals surface area contributed by atoms with Gasteiger partial charge in [0, 0.05) is 6.07 Å². The molecule has 0 saturated carbocycles. The summed E-state index contributed by atoms with van der Waals surface area (Å²) in [5.74, 6) is -1.51. The SMILES string of the molecule is Cc1cc(F)c(OC(F)F)cc1C#N. The van der Waals surface area contributed by atoms with Crippen molar-refractivity contribution in [3.8, 4) is 11.8 Å². The number of nitriles is 1. The maximum atomic E-state index is 13.0. The summed E-state index contributed by atoms with van der Waals surface area (Å²) in [6.07, 6.45) is 0. The zero-order valence-corrected chi connectivity index (χ0v) is 7.22. The lowest BCUT2D eigenvalue weighted by Gasteiger charge is -2.06. The smallest absolute Gasteiger partial charge is 0.387 e. The molecule has 5 heteroatoms. The largest absolute Gasteiger partial charge is 0.432 e. The quantitative estimate of drug-likeness (QED) is 0.736. The van der Waals surface area contributed by atoms with E-state index in [1.807, 2.05) is 0 Å². The molecule has 0 aliphatic carbocycles. The Balaban J connectivity index is 3.12. The van der Waals surface area contributed by atoms with Crippen molar-refractivity contribution >= 4 is 0 Å². The van der Waals surface area contributed by atoms with E-state index < -0.39 is 18.2 Å². The molecule has 14 heavy (non-hydrogen) atoms. The van der Waals surface area contributed by atoms with Crippen molar-refractivity contribution in [1.29, 1.82) is 5.26 Å². The van der Waals surface area contributed by atoms with Gasteiger partial charge in [0.2, 0.25) is 0 Å². The molecule has 2 nitrogen and oxygen atoms in total. The van der Waals surface area contributed by atoms with Gasteiger partial charge in [-0.25, -0.2) is 4.39 Å². The third kappa shape index (κ3) is 2.16. The number of hydrogen-bond donors (Lipinski definition) is 0. The lowest BCUT2D eigenvalue weighted by molar-refractivity contribution is -0.0522. The van der Waals surface area contributed by atoms with E-state index >= 15 is 0 Å². The van der Waals surface area contributed by atoms with Crippen molar-refractivity contribution in [2.45, 2.75) is 13.5 Å². The Labute approximate surface area is 78.5 Å². The van der Waals surface area contributed by atoms with E-state index in [0.29, 0.717) is 5.56 Å². The molecular weight excluding hydrogens is 195 g/mol. The van der Waals surface area contributed by atoms with Crippen LogP contribution in [0.1, 0.15) is 11.1 Å². The monoisotopic (exact) mass is 201 g/mol. The maximum Gasteiger partial charge on any atom is 0.387 e. The van der Waals surface area contributed by atoms with Crippen LogP contribution in [-0.4, -0.2) is 6.61 Å². The Morgan fingerprint density at radius 2 is 2.07 bits per heavy atom. The fourth-order valence-electron chi connectivity index (χ4n) is 0.960. The number of halogens is 3. The summed E-state index contributed by atoms with van der Waals surface area (Å²) in [5.41, 5.74) is 0.494. The highest BCUT2D eigenvalue weighted by atomic mass is 19.3. The molecule has 1 rings (SSSR count). The van der Waals surface area contributed by atoms with Gasteiger partial charge in [-0.2, -0.15) is 14.0 Å². The van der Waals surface area contributed by atoms with E-state index in [-0.39, 0.29) is 5.56 Å². The lowest BCUT2D eigenvalue weighted by Crippen LogP contribution is -2.04. The van der Waals surface area contributed by atoms with Gasteiger partial charge in [-0.1, -0.05) is 0 Å². The zero-order valence-electron chi connectivity index (χ0n) is 7.22. The van der Waals surface area contributed by atoms with Crippen molar-refractivity contribution < 1.29 is 17.9 Å². The number of ether oxygens (including phenoxy) is 1. The minimum Gasteiger partial charge on any atom is -0.432 e. The van der Waals surface area contributed by atoms with Gasteiger partial charge in [-0.15, -0.1) is 0 Å². The van der Waals surface area contributed by atoms with Crippen LogP contribution in [0.25, 0.3) is 0 Å². The predicted molar refractivity (Wildman–Crippen MR) is 42.5 cm³/mol. The van der Waals surface area contributed by atoms with Crippen LogP contribution in [0.4, 0.5) is 13.2 Å². The van der Waals surface area contributed by atoms with Gasteiger partial charge in [0.1, 0.15) is 0 Å². The Kier molecular flexibility index (Phi) is 2.97. The van der Waals surface area contributed by atoms with Crippen LogP contribution in [0.2, 0.25) is 0 Å². The van der Waals surface area contributed by atoms with Gasteiger partial charge in [-0.3, -0.25) is 0 Å². The second-order valence-corrected chi connectivity index (χ2v) is 2.59. The van der Waals surface area contributed by atoms with Crippen molar-refractivity contribution in [2.24, 2.45) is 0 Å². The first-order chi connectivity index (χ1) is 6.54. The fraction of sp³-hybridized carbons (Fsp3) is 0.222. The summed E-state index contributed by atoms with van der Waals surface area (Å²) < 4.78 is 40.4. The van der Waals surface area contributed by atoms with E-state index in [4.69, 9.17) is 5.26 Å². The van der Waals surface area contributed by atoms with E-state index in [2.05, 4.69) is 4.74 Å². The third-order valence-corrected chi connectivity index (χ3v) is 1.62. The third-order valence-electron chi connectivity index (χ3n) is 1.62. The highest BCUT2D eigenvalue weighted by Gasteiger charge is 2.12. The van der Waals surface area contributed by atoms with E-state index in [1.54, 1.807) is 6.07 Å². The molecule has 0 aromatic heterocycles. The van der Waals surface area contributed by atoms with Crippen molar-refractivity contribution in [1.82, 2.24) is 0 Å². The number of aryl methyl sites for hydroxylation is 1. The molecular formula is C9H6F3NO. The van der Waals surface area contributed by atoms with Gasteiger partial charge in [-0.05, 0) is 18.6 Å². The van der Waals surface area contributed by atoms with Gasteiger partial charge in [0.15, 0.2) is 11.6 Å². The Bertz CT molecular complexity index is 384. The van der Waals surface area contributed by atoms with Crippen molar-refractivity contribution in [3.63, 3.8) is 0 Å². The first kappa shape index (κ1) is 10.4. The predicted octanol–water partition coefficient (Wildman–Crippen LogP) is 2.61. The van der Waals surface area contributed by atoms with Gasteiger partial charge >= 0.3 is 6.61 Å². The average molecular weight is 201 g/mol. The zero-order chi connectivity index (χ0) is 10.7. The van der Waals surface area contributed by atoms with E-state index in [1.165, 1.54) is 6.92 Å². The maximum absolute atomic E-state index is 13.0. The summed E-state index contributed by atoms with van der Waals surface area (Å²) in [5, 5.41) is 8.55. The molecule has 1 aromatic rings. The standard InChI is InChI=1S/C9H6F3NO/c1-5-2-7(10)8(14-9(11)12)3-6(5)4-13/h2-3,9H,1H3. The molecule has 1 aromatic carbocycles. The lowest BCUT2D eigenvalue weighted by atomic mass is 10.1. The first-order valence-electron chi connectivity index (χ1n) is 3.69. The highest BCUT2D eigenvalue weighted by molar-refractivity contribution is 5.43. The first-order valence-corrected chi connectivity index (χ1v) is 3.69. The summed E-state index contributed by atoms with van der Waals surface area (Å²) in [6.45, 7) is -1.59. The molecule has 0 saturated heterocycles. The van der Waals surface area contributed by atoms with E-state index in [0.717, 1.165) is 12.1 Å². The van der Waals surface area contributed by atoms with Crippen LogP contribution >= 0.6 is 0 Å². The second kappa shape index (κ2) is 4.01. The second-order valence-electron chi connectivity index (χ2n) is 2.59. The number of benzene rings is 1. The normalized spacial score (nSPS) is 10.0. The van der Waals surface area contributed by atoms with Crippen LogP contribution in [-0.2, 0) is 0 Å². The van der Waals surface area contributed by atoms with Gasteiger partial charge in [0.05, 0.1) is 11.6 Å². The molecule has 74 valence electrons. The van der Waals surface area contributed by atoms with Crippen LogP contribution < -0.4 is 4.74 Å². The molecule has 0 fully saturated rings. The molecule has 0 N–H and O–H groups in total. The average Bonchev–Trinajstić information content (AvgIpc) is 2.09. The van der Waals surface area contributed by atoms with E-state index in [9.17, 15) is 13.2 Å². The molecule has 0 spiro atoms. The van der Waals surface area contributed by atoms with Crippen LogP contribution in [0, 0.1) is 24.1 Å². The molecule has 0 aliphatic rings. The van der Waals surface area contributed by atoms with Crippen molar-refractivity contribution in [2.75, 3.05) is 0 Å².